The van der Waals surface area contributed by atoms with Crippen molar-refractivity contribution in [2.24, 2.45) is 0 Å². The molecule has 2 aromatic carbocycles. The van der Waals surface area contributed by atoms with Gasteiger partial charge in [-0.25, -0.2) is 0 Å². The zero-order chi connectivity index (χ0) is 16.5. The van der Waals surface area contributed by atoms with Crippen LogP contribution >= 0.6 is 11.6 Å². The molecular weight excluding hydrogens is 314 g/mol. The number of rotatable bonds is 9. The van der Waals surface area contributed by atoms with Gasteiger partial charge in [-0.15, -0.1) is 0 Å². The Morgan fingerprint density at radius 3 is 2.48 bits per heavy atom. The monoisotopic (exact) mass is 335 g/mol. The smallest absolute Gasteiger partial charge is 0.161 e. The minimum absolute atomic E-state index is 0.0554. The van der Waals surface area contributed by atoms with Crippen molar-refractivity contribution in [3.05, 3.63) is 58.6 Å². The molecule has 0 aliphatic heterocycles. The molecular formula is C18H22ClNO3. The van der Waals surface area contributed by atoms with E-state index in [9.17, 15) is 0 Å². The summed E-state index contributed by atoms with van der Waals surface area (Å²) >= 11 is 6.23. The molecule has 4 nitrogen and oxygen atoms in total. The molecule has 0 atom stereocenters. The fourth-order valence-electron chi connectivity index (χ4n) is 2.10. The second-order valence-electron chi connectivity index (χ2n) is 4.99. The van der Waals surface area contributed by atoms with E-state index in [4.69, 9.17) is 26.2 Å². The molecule has 2 aromatic rings. The largest absolute Gasteiger partial charge is 0.487 e. The van der Waals surface area contributed by atoms with E-state index < -0.39 is 0 Å². The number of ether oxygens (including phenoxy) is 2. The van der Waals surface area contributed by atoms with E-state index in [1.54, 1.807) is 6.07 Å². The van der Waals surface area contributed by atoms with Crippen LogP contribution in [0.25, 0.3) is 0 Å². The van der Waals surface area contributed by atoms with Crippen LogP contribution in [0.1, 0.15) is 18.1 Å². The Hall–Kier alpha value is -1.75. The topological polar surface area (TPSA) is 50.7 Å². The van der Waals surface area contributed by atoms with Gasteiger partial charge in [-0.05, 0) is 30.2 Å². The first-order chi connectivity index (χ1) is 11.2. The summed E-state index contributed by atoms with van der Waals surface area (Å²) in [5.41, 5.74) is 2.86. The van der Waals surface area contributed by atoms with Crippen LogP contribution in [0, 0.1) is 0 Å². The summed E-state index contributed by atoms with van der Waals surface area (Å²) in [5.74, 6) is 0.640. The molecule has 0 aromatic heterocycles. The van der Waals surface area contributed by atoms with Crippen molar-refractivity contribution in [1.29, 1.82) is 0 Å². The summed E-state index contributed by atoms with van der Waals surface area (Å²) in [6.07, 6.45) is 0. The van der Waals surface area contributed by atoms with Gasteiger partial charge < -0.3 is 19.9 Å². The van der Waals surface area contributed by atoms with Gasteiger partial charge in [-0.3, -0.25) is 0 Å². The number of nitrogens with one attached hydrogen (secondary N) is 1. The first-order valence-corrected chi connectivity index (χ1v) is 8.04. The lowest BCUT2D eigenvalue weighted by Crippen LogP contribution is -2.09. The zero-order valence-corrected chi connectivity index (χ0v) is 14.0. The number of aliphatic hydroxyl groups is 1. The lowest BCUT2D eigenvalue weighted by Gasteiger charge is -2.15. The second-order valence-corrected chi connectivity index (χ2v) is 5.40. The lowest BCUT2D eigenvalue weighted by atomic mass is 10.1. The summed E-state index contributed by atoms with van der Waals surface area (Å²) < 4.78 is 11.0. The zero-order valence-electron chi connectivity index (χ0n) is 13.2. The Balaban J connectivity index is 1.99. The SMILES string of the molecule is CCOCCOc1c(Cl)cccc1NCc1ccc(CO)cc1. The van der Waals surface area contributed by atoms with E-state index >= 15 is 0 Å². The number of benzene rings is 2. The lowest BCUT2D eigenvalue weighted by molar-refractivity contribution is 0.110. The average molecular weight is 336 g/mol. The standard InChI is InChI=1S/C18H22ClNO3/c1-2-22-10-11-23-18-16(19)4-3-5-17(18)20-12-14-6-8-15(13-21)9-7-14/h3-9,20-21H,2,10-13H2,1H3. The summed E-state index contributed by atoms with van der Waals surface area (Å²) in [5, 5.41) is 13.0. The van der Waals surface area contributed by atoms with Crippen molar-refractivity contribution in [1.82, 2.24) is 0 Å². The van der Waals surface area contributed by atoms with E-state index in [2.05, 4.69) is 5.32 Å². The molecule has 0 aliphatic carbocycles. The minimum Gasteiger partial charge on any atom is -0.487 e. The average Bonchev–Trinajstić information content (AvgIpc) is 2.59. The highest BCUT2D eigenvalue weighted by molar-refractivity contribution is 6.32. The third-order valence-corrected chi connectivity index (χ3v) is 3.63. The molecule has 0 saturated carbocycles. The molecule has 2 N–H and O–H groups in total. The normalized spacial score (nSPS) is 10.6. The quantitative estimate of drug-likeness (QED) is 0.683. The number of halogens is 1. The number of hydrogen-bond donors (Lipinski definition) is 2. The van der Waals surface area contributed by atoms with Crippen LogP contribution in [0.2, 0.25) is 5.02 Å². The van der Waals surface area contributed by atoms with Crippen LogP contribution in [-0.2, 0) is 17.9 Å². The first kappa shape index (κ1) is 17.6. The number of aliphatic hydroxyl groups excluding tert-OH is 1. The molecule has 5 heteroatoms. The number of para-hydroxylation sites is 1. The van der Waals surface area contributed by atoms with E-state index in [1.165, 1.54) is 0 Å². The Kier molecular flexibility index (Phi) is 7.20. The van der Waals surface area contributed by atoms with E-state index in [0.717, 1.165) is 16.8 Å². The van der Waals surface area contributed by atoms with Crippen molar-refractivity contribution < 1.29 is 14.6 Å². The molecule has 23 heavy (non-hydrogen) atoms. The van der Waals surface area contributed by atoms with Gasteiger partial charge >= 0.3 is 0 Å². The van der Waals surface area contributed by atoms with Gasteiger partial charge in [0.1, 0.15) is 6.61 Å². The van der Waals surface area contributed by atoms with Gasteiger partial charge in [0.25, 0.3) is 0 Å². The molecule has 2 rings (SSSR count). The van der Waals surface area contributed by atoms with Crippen molar-refractivity contribution in [2.75, 3.05) is 25.1 Å². The first-order valence-electron chi connectivity index (χ1n) is 7.66. The summed E-state index contributed by atoms with van der Waals surface area (Å²) in [6, 6.07) is 13.4. The Morgan fingerprint density at radius 2 is 1.78 bits per heavy atom. The van der Waals surface area contributed by atoms with Crippen molar-refractivity contribution >= 4 is 17.3 Å². The van der Waals surface area contributed by atoms with Gasteiger partial charge in [0.2, 0.25) is 0 Å². The summed E-state index contributed by atoms with van der Waals surface area (Å²) in [6.45, 7) is 4.31. The molecule has 0 radical (unpaired) electrons. The van der Waals surface area contributed by atoms with Crippen LogP contribution in [-0.4, -0.2) is 24.9 Å². The second kappa shape index (κ2) is 9.40. The van der Waals surface area contributed by atoms with Crippen molar-refractivity contribution in [2.45, 2.75) is 20.1 Å². The van der Waals surface area contributed by atoms with E-state index in [0.29, 0.717) is 37.1 Å². The molecule has 0 aliphatic rings. The van der Waals surface area contributed by atoms with Gasteiger partial charge in [0, 0.05) is 13.2 Å². The van der Waals surface area contributed by atoms with Gasteiger partial charge in [0.05, 0.1) is 23.9 Å². The van der Waals surface area contributed by atoms with E-state index in [1.807, 2.05) is 43.3 Å². The highest BCUT2D eigenvalue weighted by Gasteiger charge is 2.08. The van der Waals surface area contributed by atoms with E-state index in [-0.39, 0.29) is 6.61 Å². The molecule has 0 heterocycles. The third-order valence-electron chi connectivity index (χ3n) is 3.33. The Labute approximate surface area is 142 Å². The van der Waals surface area contributed by atoms with Crippen LogP contribution in [0.3, 0.4) is 0 Å². The third kappa shape index (κ3) is 5.43. The van der Waals surface area contributed by atoms with Crippen LogP contribution in [0.4, 0.5) is 5.69 Å². The van der Waals surface area contributed by atoms with Gasteiger partial charge in [0.15, 0.2) is 5.75 Å². The molecule has 124 valence electrons. The number of anilines is 1. The van der Waals surface area contributed by atoms with Crippen molar-refractivity contribution in [3.8, 4) is 5.75 Å². The maximum absolute atomic E-state index is 9.07. The Morgan fingerprint density at radius 1 is 1.04 bits per heavy atom. The van der Waals surface area contributed by atoms with Gasteiger partial charge in [-0.1, -0.05) is 41.9 Å². The molecule has 0 amide bonds. The fourth-order valence-corrected chi connectivity index (χ4v) is 2.33. The molecule has 0 spiro atoms. The molecule has 0 saturated heterocycles. The summed E-state index contributed by atoms with van der Waals surface area (Å²) in [7, 11) is 0. The maximum Gasteiger partial charge on any atom is 0.161 e. The highest BCUT2D eigenvalue weighted by Crippen LogP contribution is 2.33. The fraction of sp³-hybridized carbons (Fsp3) is 0.333. The molecule has 0 fully saturated rings. The molecule has 0 unspecified atom stereocenters. The van der Waals surface area contributed by atoms with Crippen LogP contribution < -0.4 is 10.1 Å². The van der Waals surface area contributed by atoms with Gasteiger partial charge in [-0.2, -0.15) is 0 Å². The predicted molar refractivity (Wildman–Crippen MR) is 93.1 cm³/mol. The maximum atomic E-state index is 9.07. The van der Waals surface area contributed by atoms with Crippen LogP contribution in [0.5, 0.6) is 5.75 Å². The minimum atomic E-state index is 0.0554. The predicted octanol–water partition coefficient (Wildman–Crippen LogP) is 3.86. The molecule has 0 bridgehead atoms. The number of hydrogen-bond acceptors (Lipinski definition) is 4. The Bertz CT molecular complexity index is 602. The van der Waals surface area contributed by atoms with Crippen LogP contribution in [0.15, 0.2) is 42.5 Å². The van der Waals surface area contributed by atoms with Crippen molar-refractivity contribution in [3.63, 3.8) is 0 Å². The summed E-state index contributed by atoms with van der Waals surface area (Å²) in [4.78, 5) is 0. The highest BCUT2D eigenvalue weighted by atomic mass is 35.5.